The SMILES string of the molecule is O=C(/C=C/c1ccc(O)cc1)c1ccc2c(c1)OCCO2. The van der Waals surface area contributed by atoms with Crippen molar-refractivity contribution in [2.24, 2.45) is 0 Å². The summed E-state index contributed by atoms with van der Waals surface area (Å²) in [5.41, 5.74) is 1.40. The maximum Gasteiger partial charge on any atom is 0.185 e. The fourth-order valence-corrected chi connectivity index (χ4v) is 2.05. The zero-order chi connectivity index (χ0) is 14.7. The van der Waals surface area contributed by atoms with Gasteiger partial charge in [-0.25, -0.2) is 0 Å². The van der Waals surface area contributed by atoms with Gasteiger partial charge in [-0.15, -0.1) is 0 Å². The minimum absolute atomic E-state index is 0.111. The van der Waals surface area contributed by atoms with E-state index < -0.39 is 0 Å². The van der Waals surface area contributed by atoms with Gasteiger partial charge in [0.05, 0.1) is 0 Å². The first-order valence-electron chi connectivity index (χ1n) is 6.63. The summed E-state index contributed by atoms with van der Waals surface area (Å²) in [7, 11) is 0. The molecule has 0 saturated heterocycles. The number of benzene rings is 2. The van der Waals surface area contributed by atoms with Crippen LogP contribution in [0.2, 0.25) is 0 Å². The third kappa shape index (κ3) is 3.05. The minimum Gasteiger partial charge on any atom is -0.508 e. The molecule has 3 rings (SSSR count). The molecule has 4 heteroatoms. The summed E-state index contributed by atoms with van der Waals surface area (Å²) in [4.78, 5) is 12.1. The molecule has 1 aliphatic heterocycles. The lowest BCUT2D eigenvalue weighted by Crippen LogP contribution is -2.15. The first-order chi connectivity index (χ1) is 10.2. The highest BCUT2D eigenvalue weighted by atomic mass is 16.6. The van der Waals surface area contributed by atoms with Crippen molar-refractivity contribution in [2.45, 2.75) is 0 Å². The van der Waals surface area contributed by atoms with Crippen LogP contribution in [0.3, 0.4) is 0 Å². The number of hydrogen-bond donors (Lipinski definition) is 1. The van der Waals surface area contributed by atoms with Crippen LogP contribution in [0.15, 0.2) is 48.5 Å². The standard InChI is InChI=1S/C17H14O4/c18-14-5-1-12(2-6-14)3-7-15(19)13-4-8-16-17(11-13)21-10-9-20-16/h1-8,11,18H,9-10H2/b7-3+. The molecular formula is C17H14O4. The Balaban J connectivity index is 1.77. The average molecular weight is 282 g/mol. The van der Waals surface area contributed by atoms with Crippen molar-refractivity contribution in [3.05, 3.63) is 59.7 Å². The molecule has 0 amide bonds. The Morgan fingerprint density at radius 2 is 1.71 bits per heavy atom. The van der Waals surface area contributed by atoms with Gasteiger partial charge in [0.1, 0.15) is 19.0 Å². The van der Waals surface area contributed by atoms with E-state index in [-0.39, 0.29) is 11.5 Å². The van der Waals surface area contributed by atoms with Crippen molar-refractivity contribution in [2.75, 3.05) is 13.2 Å². The molecule has 106 valence electrons. The molecule has 0 saturated carbocycles. The largest absolute Gasteiger partial charge is 0.508 e. The van der Waals surface area contributed by atoms with Crippen LogP contribution >= 0.6 is 0 Å². The number of phenols is 1. The minimum atomic E-state index is -0.111. The second-order valence-electron chi connectivity index (χ2n) is 4.65. The van der Waals surface area contributed by atoms with E-state index in [4.69, 9.17) is 9.47 Å². The maximum atomic E-state index is 12.1. The molecule has 0 aliphatic carbocycles. The van der Waals surface area contributed by atoms with E-state index in [0.29, 0.717) is 30.3 Å². The molecule has 0 unspecified atom stereocenters. The Kier molecular flexibility index (Phi) is 3.60. The molecule has 0 bridgehead atoms. The van der Waals surface area contributed by atoms with E-state index in [9.17, 15) is 9.90 Å². The number of allylic oxidation sites excluding steroid dienone is 1. The Bertz CT molecular complexity index is 686. The van der Waals surface area contributed by atoms with E-state index in [1.165, 1.54) is 6.08 Å². The van der Waals surface area contributed by atoms with Crippen LogP contribution in [0.25, 0.3) is 6.08 Å². The smallest absolute Gasteiger partial charge is 0.185 e. The van der Waals surface area contributed by atoms with E-state index in [0.717, 1.165) is 5.56 Å². The number of carbonyl (C=O) groups is 1. The zero-order valence-corrected chi connectivity index (χ0v) is 11.3. The van der Waals surface area contributed by atoms with Gasteiger partial charge in [-0.1, -0.05) is 18.2 Å². The second-order valence-corrected chi connectivity index (χ2v) is 4.65. The van der Waals surface area contributed by atoms with Gasteiger partial charge < -0.3 is 14.6 Å². The maximum absolute atomic E-state index is 12.1. The quantitative estimate of drug-likeness (QED) is 0.694. The molecule has 1 heterocycles. The van der Waals surface area contributed by atoms with Gasteiger partial charge in [0, 0.05) is 5.56 Å². The average Bonchev–Trinajstić information content (AvgIpc) is 2.53. The number of ether oxygens (including phenoxy) is 2. The normalized spacial score (nSPS) is 13.3. The molecule has 0 atom stereocenters. The summed E-state index contributed by atoms with van der Waals surface area (Å²) in [5.74, 6) is 1.36. The first kappa shape index (κ1) is 13.2. The zero-order valence-electron chi connectivity index (χ0n) is 11.3. The van der Waals surface area contributed by atoms with Crippen molar-refractivity contribution in [3.8, 4) is 17.2 Å². The van der Waals surface area contributed by atoms with Crippen LogP contribution < -0.4 is 9.47 Å². The number of carbonyl (C=O) groups excluding carboxylic acids is 1. The second kappa shape index (κ2) is 5.71. The molecule has 0 spiro atoms. The third-order valence-electron chi connectivity index (χ3n) is 3.15. The Morgan fingerprint density at radius 3 is 2.48 bits per heavy atom. The van der Waals surface area contributed by atoms with Crippen LogP contribution in [-0.2, 0) is 0 Å². The number of hydrogen-bond acceptors (Lipinski definition) is 4. The van der Waals surface area contributed by atoms with Crippen LogP contribution in [0.1, 0.15) is 15.9 Å². The van der Waals surface area contributed by atoms with Crippen molar-refractivity contribution >= 4 is 11.9 Å². The van der Waals surface area contributed by atoms with Gasteiger partial charge in [-0.2, -0.15) is 0 Å². The molecule has 1 aliphatic rings. The fourth-order valence-electron chi connectivity index (χ4n) is 2.05. The van der Waals surface area contributed by atoms with Crippen molar-refractivity contribution in [1.82, 2.24) is 0 Å². The molecule has 2 aromatic rings. The predicted molar refractivity (Wildman–Crippen MR) is 78.9 cm³/mol. The monoisotopic (exact) mass is 282 g/mol. The fraction of sp³-hybridized carbons (Fsp3) is 0.118. The molecule has 1 N–H and O–H groups in total. The lowest BCUT2D eigenvalue weighted by atomic mass is 10.1. The third-order valence-corrected chi connectivity index (χ3v) is 3.15. The van der Waals surface area contributed by atoms with Gasteiger partial charge in [0.15, 0.2) is 17.3 Å². The highest BCUT2D eigenvalue weighted by molar-refractivity contribution is 6.07. The first-order valence-corrected chi connectivity index (χ1v) is 6.63. The Morgan fingerprint density at radius 1 is 1.00 bits per heavy atom. The summed E-state index contributed by atoms with van der Waals surface area (Å²) >= 11 is 0. The number of aromatic hydroxyl groups is 1. The van der Waals surface area contributed by atoms with Crippen molar-refractivity contribution < 1.29 is 19.4 Å². The predicted octanol–water partition coefficient (Wildman–Crippen LogP) is 3.06. The molecule has 0 aromatic heterocycles. The number of ketones is 1. The van der Waals surface area contributed by atoms with Crippen molar-refractivity contribution in [1.29, 1.82) is 0 Å². The molecule has 0 fully saturated rings. The molecule has 4 nitrogen and oxygen atoms in total. The Hall–Kier alpha value is -2.75. The lowest BCUT2D eigenvalue weighted by Gasteiger charge is -2.18. The van der Waals surface area contributed by atoms with Crippen LogP contribution in [-0.4, -0.2) is 24.1 Å². The molecule has 0 radical (unpaired) electrons. The van der Waals surface area contributed by atoms with Crippen LogP contribution in [0, 0.1) is 0 Å². The summed E-state index contributed by atoms with van der Waals surface area (Å²) < 4.78 is 10.9. The number of phenolic OH excluding ortho intramolecular Hbond substituents is 1. The van der Waals surface area contributed by atoms with E-state index in [2.05, 4.69) is 0 Å². The van der Waals surface area contributed by atoms with Gasteiger partial charge in [0.25, 0.3) is 0 Å². The van der Waals surface area contributed by atoms with E-state index in [1.54, 1.807) is 48.5 Å². The van der Waals surface area contributed by atoms with Gasteiger partial charge in [0.2, 0.25) is 0 Å². The van der Waals surface area contributed by atoms with Crippen LogP contribution in [0.5, 0.6) is 17.2 Å². The number of fused-ring (bicyclic) bond motifs is 1. The Labute approximate surface area is 122 Å². The topological polar surface area (TPSA) is 55.8 Å². The van der Waals surface area contributed by atoms with Crippen molar-refractivity contribution in [3.63, 3.8) is 0 Å². The molecular weight excluding hydrogens is 268 g/mol. The van der Waals surface area contributed by atoms with E-state index >= 15 is 0 Å². The summed E-state index contributed by atoms with van der Waals surface area (Å²) in [5, 5.41) is 9.21. The van der Waals surface area contributed by atoms with E-state index in [1.807, 2.05) is 0 Å². The van der Waals surface area contributed by atoms with Crippen LogP contribution in [0.4, 0.5) is 0 Å². The van der Waals surface area contributed by atoms with Gasteiger partial charge in [-0.3, -0.25) is 4.79 Å². The summed E-state index contributed by atoms with van der Waals surface area (Å²) in [6.45, 7) is 1.02. The lowest BCUT2D eigenvalue weighted by molar-refractivity contribution is 0.104. The van der Waals surface area contributed by atoms with Gasteiger partial charge in [-0.05, 0) is 42.0 Å². The molecule has 2 aromatic carbocycles. The summed E-state index contributed by atoms with van der Waals surface area (Å²) in [6.07, 6.45) is 3.20. The highest BCUT2D eigenvalue weighted by Crippen LogP contribution is 2.30. The number of rotatable bonds is 3. The summed E-state index contributed by atoms with van der Waals surface area (Å²) in [6, 6.07) is 11.8. The van der Waals surface area contributed by atoms with Gasteiger partial charge >= 0.3 is 0 Å². The highest BCUT2D eigenvalue weighted by Gasteiger charge is 2.13. The molecule has 21 heavy (non-hydrogen) atoms.